The number of hydrogen-bond donors (Lipinski definition) is 3. The average Bonchev–Trinajstić information content (AvgIpc) is 3.57. The molecule has 1 aromatic heterocycles. The van der Waals surface area contributed by atoms with Crippen LogP contribution in [0.3, 0.4) is 0 Å². The topological polar surface area (TPSA) is 130 Å². The Morgan fingerprint density at radius 3 is 2.27 bits per heavy atom. The number of esters is 1. The van der Waals surface area contributed by atoms with E-state index in [4.69, 9.17) is 4.74 Å². The molecule has 2 aromatic rings. The minimum absolute atomic E-state index is 0.00967. The molecule has 3 N–H and O–H groups in total. The number of aromatic nitrogens is 1. The number of carbonyl (C=O) groups excluding carboxylic acids is 4. The van der Waals surface area contributed by atoms with Crippen molar-refractivity contribution >= 4 is 35.0 Å². The zero-order valence-electron chi connectivity index (χ0n) is 31.2. The number of methoxy groups -OCH3 is 1. The number of aryl methyl sites for hydroxylation is 1. The van der Waals surface area contributed by atoms with E-state index in [0.717, 1.165) is 42.8 Å². The van der Waals surface area contributed by atoms with Gasteiger partial charge in [-0.1, -0.05) is 84.7 Å². The van der Waals surface area contributed by atoms with Crippen molar-refractivity contribution in [2.45, 2.75) is 111 Å². The van der Waals surface area contributed by atoms with Crippen LogP contribution in [0.15, 0.2) is 35.7 Å². The smallest absolute Gasteiger partial charge is 0.308 e. The monoisotopic (exact) mass is 699 g/mol. The van der Waals surface area contributed by atoms with E-state index in [9.17, 15) is 19.2 Å². The number of likely N-dealkylation sites (N-methyl/N-ethyl adjacent to an activating group) is 1. The standard InChI is InChI=1S/C38H61N5O5S/c1-10-26(4)34(42-35(44)27(5)16-14-15-21-39-7)37(46)43(8)32(25(2)3)19-20-33-41-31(24-49-33)36(45)40-30(22-28(6)38(47)48-9)23-29-17-12-11-13-18-29/h11-13,17-18,24-28,30,32,34,39H,10,14-16,19-23H2,1-9H3,(H,40,45)(H,42,44)/t26-,27+,28-,30+,32+,34-/m0/s1. The number of hydrogen-bond acceptors (Lipinski definition) is 8. The Bertz CT molecular complexity index is 1300. The highest BCUT2D eigenvalue weighted by Crippen LogP contribution is 2.22. The molecule has 2 rings (SSSR count). The zero-order valence-corrected chi connectivity index (χ0v) is 32.0. The fraction of sp³-hybridized carbons (Fsp3) is 0.658. The molecule has 49 heavy (non-hydrogen) atoms. The predicted molar refractivity (Wildman–Crippen MR) is 197 cm³/mol. The number of rotatable bonds is 22. The molecule has 274 valence electrons. The van der Waals surface area contributed by atoms with Gasteiger partial charge < -0.3 is 25.6 Å². The lowest BCUT2D eigenvalue weighted by atomic mass is 9.93. The van der Waals surface area contributed by atoms with E-state index in [1.807, 2.05) is 65.2 Å². The lowest BCUT2D eigenvalue weighted by Gasteiger charge is -2.36. The Kier molecular flexibility index (Phi) is 18.5. The number of carbonyl (C=O) groups is 4. The van der Waals surface area contributed by atoms with Crippen LogP contribution < -0.4 is 16.0 Å². The zero-order chi connectivity index (χ0) is 36.5. The molecule has 0 saturated heterocycles. The summed E-state index contributed by atoms with van der Waals surface area (Å²) in [5, 5.41) is 11.9. The van der Waals surface area contributed by atoms with E-state index >= 15 is 0 Å². The van der Waals surface area contributed by atoms with Crippen molar-refractivity contribution < 1.29 is 23.9 Å². The number of ether oxygens (including phenoxy) is 1. The van der Waals surface area contributed by atoms with Crippen LogP contribution in [0.25, 0.3) is 0 Å². The SMILES string of the molecule is CC[C@H](C)[C@H](NC(=O)[C@H](C)CCCCNC)C(=O)N(C)[C@H](CCc1nc(C(=O)N[C@@H](Cc2ccccc2)C[C@H](C)C(=O)OC)cs1)C(C)C. The van der Waals surface area contributed by atoms with Gasteiger partial charge in [0.1, 0.15) is 11.7 Å². The first-order valence-corrected chi connectivity index (χ1v) is 18.8. The number of amides is 3. The van der Waals surface area contributed by atoms with Crippen LogP contribution in [0.5, 0.6) is 0 Å². The summed E-state index contributed by atoms with van der Waals surface area (Å²) in [6, 6.07) is 8.91. The van der Waals surface area contributed by atoms with E-state index in [1.165, 1.54) is 18.4 Å². The molecular formula is C38H61N5O5S. The second kappa shape index (κ2) is 21.7. The maximum absolute atomic E-state index is 13.9. The number of nitrogens with one attached hydrogen (secondary N) is 3. The molecule has 10 nitrogen and oxygen atoms in total. The van der Waals surface area contributed by atoms with Crippen LogP contribution in [0.1, 0.15) is 101 Å². The number of unbranched alkanes of at least 4 members (excludes halogenated alkanes) is 1. The van der Waals surface area contributed by atoms with Gasteiger partial charge in [0, 0.05) is 36.9 Å². The van der Waals surface area contributed by atoms with E-state index in [-0.39, 0.29) is 59.4 Å². The van der Waals surface area contributed by atoms with Gasteiger partial charge in [0.25, 0.3) is 5.91 Å². The number of benzene rings is 1. The molecule has 0 spiro atoms. The first-order valence-electron chi connectivity index (χ1n) is 17.9. The average molecular weight is 700 g/mol. The van der Waals surface area contributed by atoms with E-state index < -0.39 is 6.04 Å². The molecule has 1 aromatic carbocycles. The van der Waals surface area contributed by atoms with Gasteiger partial charge in [-0.3, -0.25) is 19.2 Å². The fourth-order valence-corrected chi connectivity index (χ4v) is 6.89. The van der Waals surface area contributed by atoms with Gasteiger partial charge in [0.15, 0.2) is 0 Å². The summed E-state index contributed by atoms with van der Waals surface area (Å²) in [5.74, 6) is -1.11. The highest BCUT2D eigenvalue weighted by atomic mass is 32.1. The Morgan fingerprint density at radius 1 is 0.959 bits per heavy atom. The van der Waals surface area contributed by atoms with Crippen LogP contribution >= 0.6 is 11.3 Å². The first-order chi connectivity index (χ1) is 23.3. The normalized spacial score (nSPS) is 15.1. The highest BCUT2D eigenvalue weighted by molar-refractivity contribution is 7.09. The van der Waals surface area contributed by atoms with Crippen molar-refractivity contribution in [3.8, 4) is 0 Å². The van der Waals surface area contributed by atoms with Gasteiger partial charge in [0.05, 0.1) is 18.0 Å². The summed E-state index contributed by atoms with van der Waals surface area (Å²) in [4.78, 5) is 59.0. The summed E-state index contributed by atoms with van der Waals surface area (Å²) in [7, 11) is 5.13. The summed E-state index contributed by atoms with van der Waals surface area (Å²) >= 11 is 1.43. The summed E-state index contributed by atoms with van der Waals surface area (Å²) < 4.78 is 4.92. The molecule has 3 amide bonds. The van der Waals surface area contributed by atoms with Gasteiger partial charge in [-0.05, 0) is 63.1 Å². The third kappa shape index (κ3) is 13.8. The van der Waals surface area contributed by atoms with Gasteiger partial charge >= 0.3 is 5.97 Å². The Morgan fingerprint density at radius 2 is 1.65 bits per heavy atom. The van der Waals surface area contributed by atoms with E-state index in [0.29, 0.717) is 31.4 Å². The summed E-state index contributed by atoms with van der Waals surface area (Å²) in [6.45, 7) is 12.9. The van der Waals surface area contributed by atoms with Crippen molar-refractivity contribution in [3.05, 3.63) is 52.0 Å². The molecule has 0 aliphatic carbocycles. The largest absolute Gasteiger partial charge is 0.469 e. The molecular weight excluding hydrogens is 639 g/mol. The third-order valence-corrected chi connectivity index (χ3v) is 10.4. The Balaban J connectivity index is 2.09. The van der Waals surface area contributed by atoms with Crippen molar-refractivity contribution in [3.63, 3.8) is 0 Å². The lowest BCUT2D eigenvalue weighted by Crippen LogP contribution is -2.54. The molecule has 0 radical (unpaired) electrons. The quantitative estimate of drug-likeness (QED) is 0.107. The maximum atomic E-state index is 13.9. The van der Waals surface area contributed by atoms with Crippen molar-refractivity contribution in [2.24, 2.45) is 23.7 Å². The van der Waals surface area contributed by atoms with Crippen LogP contribution in [-0.2, 0) is 32.0 Å². The summed E-state index contributed by atoms with van der Waals surface area (Å²) in [6.07, 6.45) is 5.81. The molecule has 0 fully saturated rings. The molecule has 0 aliphatic heterocycles. The minimum Gasteiger partial charge on any atom is -0.469 e. The highest BCUT2D eigenvalue weighted by Gasteiger charge is 2.33. The maximum Gasteiger partial charge on any atom is 0.308 e. The van der Waals surface area contributed by atoms with Gasteiger partial charge in [0.2, 0.25) is 11.8 Å². The third-order valence-electron chi connectivity index (χ3n) is 9.49. The molecule has 11 heteroatoms. The summed E-state index contributed by atoms with van der Waals surface area (Å²) in [5.41, 5.74) is 1.40. The molecule has 6 atom stereocenters. The number of thiazole rings is 1. The van der Waals surface area contributed by atoms with Crippen LogP contribution in [0, 0.1) is 23.7 Å². The van der Waals surface area contributed by atoms with Crippen molar-refractivity contribution in [2.75, 3.05) is 27.7 Å². The lowest BCUT2D eigenvalue weighted by molar-refractivity contribution is -0.145. The fourth-order valence-electron chi connectivity index (χ4n) is 6.10. The molecule has 0 unspecified atom stereocenters. The molecule has 0 saturated carbocycles. The van der Waals surface area contributed by atoms with Crippen molar-refractivity contribution in [1.29, 1.82) is 0 Å². The second-order valence-electron chi connectivity index (χ2n) is 13.8. The molecule has 0 bridgehead atoms. The van der Waals surface area contributed by atoms with Crippen molar-refractivity contribution in [1.82, 2.24) is 25.8 Å². The molecule has 1 heterocycles. The predicted octanol–water partition coefficient (Wildman–Crippen LogP) is 5.66. The van der Waals surface area contributed by atoms with Crippen LogP contribution in [0.2, 0.25) is 0 Å². The number of nitrogens with zero attached hydrogens (tertiary/aromatic N) is 2. The minimum atomic E-state index is -0.593. The van der Waals surface area contributed by atoms with Gasteiger partial charge in [-0.2, -0.15) is 0 Å². The van der Waals surface area contributed by atoms with Gasteiger partial charge in [-0.15, -0.1) is 11.3 Å². The van der Waals surface area contributed by atoms with E-state index in [2.05, 4.69) is 34.8 Å². The van der Waals surface area contributed by atoms with Crippen LogP contribution in [-0.4, -0.2) is 79.5 Å². The molecule has 0 aliphatic rings. The Hall–Kier alpha value is -3.31. The Labute approximate surface area is 298 Å². The first kappa shape index (κ1) is 41.9. The van der Waals surface area contributed by atoms with Gasteiger partial charge in [-0.25, -0.2) is 4.98 Å². The van der Waals surface area contributed by atoms with Crippen LogP contribution in [0.4, 0.5) is 0 Å². The van der Waals surface area contributed by atoms with E-state index in [1.54, 1.807) is 17.2 Å². The second-order valence-corrected chi connectivity index (χ2v) is 14.8.